The predicted octanol–water partition coefficient (Wildman–Crippen LogP) is 3.03. The molecule has 0 radical (unpaired) electrons. The van der Waals surface area contributed by atoms with E-state index in [0.717, 1.165) is 23.7 Å². The van der Waals surface area contributed by atoms with Gasteiger partial charge in [-0.25, -0.2) is 4.39 Å². The van der Waals surface area contributed by atoms with E-state index >= 15 is 0 Å². The first-order chi connectivity index (χ1) is 8.56. The molecular weight excluding hydrogens is 227 g/mol. The smallest absolute Gasteiger partial charge is 0.126 e. The Kier molecular flexibility index (Phi) is 2.67. The average molecular weight is 246 g/mol. The molecule has 1 aromatic heterocycles. The van der Waals surface area contributed by atoms with Crippen LogP contribution in [0, 0.1) is 12.7 Å². The van der Waals surface area contributed by atoms with Gasteiger partial charge in [-0.2, -0.15) is 0 Å². The maximum Gasteiger partial charge on any atom is 0.126 e. The van der Waals surface area contributed by atoms with Gasteiger partial charge in [0.25, 0.3) is 0 Å². The summed E-state index contributed by atoms with van der Waals surface area (Å²) in [5, 5.41) is 1.07. The van der Waals surface area contributed by atoms with E-state index in [9.17, 15) is 4.39 Å². The Morgan fingerprint density at radius 3 is 2.83 bits per heavy atom. The van der Waals surface area contributed by atoms with Crippen molar-refractivity contribution in [1.29, 1.82) is 0 Å². The summed E-state index contributed by atoms with van der Waals surface area (Å²) >= 11 is 0. The SMILES string of the molecule is Cc1cc2[nH]c3c(c2cc1F)CC(N(C)C)CC3. The fraction of sp³-hybridized carbons (Fsp3) is 0.467. The normalized spacial score (nSPS) is 19.5. The highest BCUT2D eigenvalue weighted by molar-refractivity contribution is 5.85. The lowest BCUT2D eigenvalue weighted by atomic mass is 9.91. The number of nitrogens with zero attached hydrogens (tertiary/aromatic N) is 1. The van der Waals surface area contributed by atoms with Crippen LogP contribution in [0.1, 0.15) is 23.2 Å². The van der Waals surface area contributed by atoms with Crippen molar-refractivity contribution in [3.8, 4) is 0 Å². The van der Waals surface area contributed by atoms with Crippen molar-refractivity contribution in [2.24, 2.45) is 0 Å². The molecule has 1 N–H and O–H groups in total. The van der Waals surface area contributed by atoms with Gasteiger partial charge in [0, 0.05) is 22.6 Å². The second-order valence-electron chi connectivity index (χ2n) is 5.59. The number of hydrogen-bond donors (Lipinski definition) is 1. The van der Waals surface area contributed by atoms with Crippen LogP contribution in [0.3, 0.4) is 0 Å². The lowest BCUT2D eigenvalue weighted by Gasteiger charge is -2.28. The zero-order chi connectivity index (χ0) is 12.9. The molecule has 3 rings (SSSR count). The van der Waals surface area contributed by atoms with Crippen molar-refractivity contribution in [3.05, 3.63) is 34.8 Å². The van der Waals surface area contributed by atoms with Crippen molar-refractivity contribution >= 4 is 10.9 Å². The molecule has 0 saturated carbocycles. The molecule has 0 bridgehead atoms. The zero-order valence-corrected chi connectivity index (χ0v) is 11.2. The van der Waals surface area contributed by atoms with Gasteiger partial charge in [-0.3, -0.25) is 0 Å². The van der Waals surface area contributed by atoms with Gasteiger partial charge in [-0.1, -0.05) is 0 Å². The molecule has 1 aliphatic carbocycles. The van der Waals surface area contributed by atoms with Gasteiger partial charge < -0.3 is 9.88 Å². The lowest BCUT2D eigenvalue weighted by molar-refractivity contribution is 0.268. The first-order valence-electron chi connectivity index (χ1n) is 6.52. The van der Waals surface area contributed by atoms with Gasteiger partial charge in [0.05, 0.1) is 0 Å². The third-order valence-corrected chi connectivity index (χ3v) is 4.17. The van der Waals surface area contributed by atoms with Crippen molar-refractivity contribution in [2.75, 3.05) is 14.1 Å². The third-order valence-electron chi connectivity index (χ3n) is 4.17. The monoisotopic (exact) mass is 246 g/mol. The van der Waals surface area contributed by atoms with Crippen LogP contribution in [-0.2, 0) is 12.8 Å². The molecule has 3 heteroatoms. The molecule has 0 saturated heterocycles. The number of benzene rings is 1. The number of nitrogens with one attached hydrogen (secondary N) is 1. The summed E-state index contributed by atoms with van der Waals surface area (Å²) in [6, 6.07) is 4.19. The minimum absolute atomic E-state index is 0.101. The lowest BCUT2D eigenvalue weighted by Crippen LogP contribution is -2.33. The van der Waals surface area contributed by atoms with Crippen LogP contribution in [0.4, 0.5) is 4.39 Å². The molecule has 0 fully saturated rings. The van der Waals surface area contributed by atoms with Crippen LogP contribution >= 0.6 is 0 Å². The summed E-state index contributed by atoms with van der Waals surface area (Å²) in [6.07, 6.45) is 3.26. The Hall–Kier alpha value is -1.35. The molecule has 0 spiro atoms. The highest BCUT2D eigenvalue weighted by atomic mass is 19.1. The molecule has 0 amide bonds. The second kappa shape index (κ2) is 4.09. The Bertz CT molecular complexity index is 598. The summed E-state index contributed by atoms with van der Waals surface area (Å²) < 4.78 is 13.7. The third kappa shape index (κ3) is 1.74. The maximum atomic E-state index is 13.7. The van der Waals surface area contributed by atoms with Crippen LogP contribution in [0.15, 0.2) is 12.1 Å². The minimum atomic E-state index is -0.101. The van der Waals surface area contributed by atoms with E-state index in [0.29, 0.717) is 11.6 Å². The first kappa shape index (κ1) is 11.7. The Morgan fingerprint density at radius 1 is 1.33 bits per heavy atom. The Morgan fingerprint density at radius 2 is 2.11 bits per heavy atom. The van der Waals surface area contributed by atoms with E-state index in [1.54, 1.807) is 6.07 Å². The van der Waals surface area contributed by atoms with E-state index in [-0.39, 0.29) is 5.82 Å². The summed E-state index contributed by atoms with van der Waals surface area (Å²) in [7, 11) is 4.24. The highest BCUT2D eigenvalue weighted by Crippen LogP contribution is 2.31. The number of aromatic amines is 1. The fourth-order valence-corrected chi connectivity index (χ4v) is 2.97. The van der Waals surface area contributed by atoms with Gasteiger partial charge in [0.1, 0.15) is 5.82 Å². The molecule has 1 unspecified atom stereocenters. The molecule has 1 heterocycles. The van der Waals surface area contributed by atoms with Crippen LogP contribution < -0.4 is 0 Å². The number of likely N-dealkylation sites (N-methyl/N-ethyl adjacent to an activating group) is 1. The van der Waals surface area contributed by atoms with Crippen LogP contribution in [0.25, 0.3) is 10.9 Å². The van der Waals surface area contributed by atoms with Crippen molar-refractivity contribution < 1.29 is 4.39 Å². The molecule has 1 aliphatic rings. The summed E-state index contributed by atoms with van der Waals surface area (Å²) in [5.41, 5.74) is 4.41. The number of hydrogen-bond acceptors (Lipinski definition) is 1. The maximum absolute atomic E-state index is 13.7. The van der Waals surface area contributed by atoms with Crippen LogP contribution in [0.5, 0.6) is 0 Å². The topological polar surface area (TPSA) is 19.0 Å². The number of aryl methyl sites for hydroxylation is 2. The molecule has 2 aromatic rings. The van der Waals surface area contributed by atoms with Crippen molar-refractivity contribution in [1.82, 2.24) is 9.88 Å². The van der Waals surface area contributed by atoms with Gasteiger partial charge in [-0.15, -0.1) is 0 Å². The van der Waals surface area contributed by atoms with Gasteiger partial charge in [-0.05, 0) is 63.5 Å². The number of fused-ring (bicyclic) bond motifs is 3. The van der Waals surface area contributed by atoms with E-state index < -0.39 is 0 Å². The number of rotatable bonds is 1. The van der Waals surface area contributed by atoms with Crippen molar-refractivity contribution in [3.63, 3.8) is 0 Å². The van der Waals surface area contributed by atoms with E-state index in [1.165, 1.54) is 17.7 Å². The molecule has 18 heavy (non-hydrogen) atoms. The Balaban J connectivity index is 2.12. The van der Waals surface area contributed by atoms with Gasteiger partial charge in [0.15, 0.2) is 0 Å². The van der Waals surface area contributed by atoms with Crippen LogP contribution in [-0.4, -0.2) is 30.0 Å². The van der Waals surface area contributed by atoms with E-state index in [1.807, 2.05) is 13.0 Å². The standard InChI is InChI=1S/C15H19FN2/c1-9-6-15-12(8-13(9)16)11-7-10(18(2)3)4-5-14(11)17-15/h6,8,10,17H,4-5,7H2,1-3H3. The quantitative estimate of drug-likeness (QED) is 0.819. The fourth-order valence-electron chi connectivity index (χ4n) is 2.97. The minimum Gasteiger partial charge on any atom is -0.358 e. The summed E-state index contributed by atoms with van der Waals surface area (Å²) in [4.78, 5) is 5.73. The van der Waals surface area contributed by atoms with Crippen LogP contribution in [0.2, 0.25) is 0 Å². The van der Waals surface area contributed by atoms with Gasteiger partial charge in [0.2, 0.25) is 0 Å². The average Bonchev–Trinajstić information content (AvgIpc) is 2.66. The van der Waals surface area contributed by atoms with E-state index in [4.69, 9.17) is 0 Å². The summed E-state index contributed by atoms with van der Waals surface area (Å²) in [6.45, 7) is 1.82. The van der Waals surface area contributed by atoms with Gasteiger partial charge >= 0.3 is 0 Å². The molecule has 1 aromatic carbocycles. The zero-order valence-electron chi connectivity index (χ0n) is 11.2. The molecule has 96 valence electrons. The molecule has 2 nitrogen and oxygen atoms in total. The van der Waals surface area contributed by atoms with E-state index in [2.05, 4.69) is 24.0 Å². The first-order valence-corrected chi connectivity index (χ1v) is 6.52. The largest absolute Gasteiger partial charge is 0.358 e. The number of H-pyrrole nitrogens is 1. The molecular formula is C15H19FN2. The Labute approximate surface area is 107 Å². The second-order valence-corrected chi connectivity index (χ2v) is 5.59. The molecule has 0 aliphatic heterocycles. The summed E-state index contributed by atoms with van der Waals surface area (Å²) in [5.74, 6) is -0.101. The molecule has 1 atom stereocenters. The predicted molar refractivity (Wildman–Crippen MR) is 72.5 cm³/mol. The highest BCUT2D eigenvalue weighted by Gasteiger charge is 2.24. The number of aromatic nitrogens is 1. The number of halogens is 1. The van der Waals surface area contributed by atoms with Crippen molar-refractivity contribution in [2.45, 2.75) is 32.2 Å².